The van der Waals surface area contributed by atoms with E-state index < -0.39 is 23.5 Å². The molecular formula is C23H13ClO7. The van der Waals surface area contributed by atoms with Crippen LogP contribution in [0.4, 0.5) is 0 Å². The normalized spacial score (nSPS) is 14.5. The maximum Gasteiger partial charge on any atom is 0.344 e. The van der Waals surface area contributed by atoms with E-state index in [9.17, 15) is 14.4 Å². The third kappa shape index (κ3) is 3.29. The first-order valence-corrected chi connectivity index (χ1v) is 9.63. The zero-order chi connectivity index (χ0) is 21.7. The Morgan fingerprint density at radius 1 is 0.935 bits per heavy atom. The maximum absolute atomic E-state index is 12.9. The van der Waals surface area contributed by atoms with E-state index in [0.717, 1.165) is 0 Å². The Morgan fingerprint density at radius 2 is 1.68 bits per heavy atom. The summed E-state index contributed by atoms with van der Waals surface area (Å²) in [6.45, 7) is 1.23. The first-order valence-electron chi connectivity index (χ1n) is 9.26. The van der Waals surface area contributed by atoms with E-state index in [0.29, 0.717) is 27.3 Å². The second kappa shape index (κ2) is 7.14. The smallest absolute Gasteiger partial charge is 0.344 e. The fraction of sp³-hybridized carbons (Fsp3) is 0.0870. The highest BCUT2D eigenvalue weighted by atomic mass is 35.5. The molecule has 0 saturated heterocycles. The number of ether oxygens (including phenoxy) is 2. The first kappa shape index (κ1) is 19.1. The van der Waals surface area contributed by atoms with E-state index in [4.69, 9.17) is 29.9 Å². The standard InChI is InChI=1S/C23H13ClO7/c1-11(25)28-23-17-10-15(14-8-12-4-2-3-5-18(12)29-21(14)26)22(27)31-20(17)16-9-13(24)6-7-19(16)30-23/h2-10,23H,1H3. The molecule has 8 heteroatoms. The van der Waals surface area contributed by atoms with Crippen LogP contribution in [0.2, 0.25) is 5.02 Å². The molecule has 2 aromatic carbocycles. The highest BCUT2D eigenvalue weighted by Crippen LogP contribution is 2.44. The predicted molar refractivity (Wildman–Crippen MR) is 112 cm³/mol. The minimum atomic E-state index is -1.17. The number of para-hydroxylation sites is 1. The van der Waals surface area contributed by atoms with Gasteiger partial charge in [-0.3, -0.25) is 4.79 Å². The van der Waals surface area contributed by atoms with Crippen LogP contribution in [0.15, 0.2) is 73.0 Å². The number of esters is 1. The zero-order valence-electron chi connectivity index (χ0n) is 16.0. The molecule has 0 amide bonds. The fourth-order valence-corrected chi connectivity index (χ4v) is 3.68. The SMILES string of the molecule is CC(=O)OC1Oc2ccc(Cl)cc2-c2oc(=O)c(-c3cc4ccccc4oc3=O)cc21. The van der Waals surface area contributed by atoms with E-state index in [1.165, 1.54) is 13.0 Å². The van der Waals surface area contributed by atoms with Crippen LogP contribution in [-0.2, 0) is 9.53 Å². The molecule has 0 spiro atoms. The monoisotopic (exact) mass is 436 g/mol. The van der Waals surface area contributed by atoms with Crippen molar-refractivity contribution in [2.75, 3.05) is 0 Å². The van der Waals surface area contributed by atoms with Gasteiger partial charge < -0.3 is 18.3 Å². The Hall–Kier alpha value is -3.84. The average Bonchev–Trinajstić information content (AvgIpc) is 2.73. The lowest BCUT2D eigenvalue weighted by molar-refractivity contribution is -0.162. The number of rotatable bonds is 2. The van der Waals surface area contributed by atoms with Crippen LogP contribution in [0.25, 0.3) is 33.4 Å². The van der Waals surface area contributed by atoms with Crippen molar-refractivity contribution in [2.24, 2.45) is 0 Å². The van der Waals surface area contributed by atoms with Crippen molar-refractivity contribution in [1.29, 1.82) is 0 Å². The molecule has 1 aliphatic heterocycles. The van der Waals surface area contributed by atoms with Crippen molar-refractivity contribution in [1.82, 2.24) is 0 Å². The van der Waals surface area contributed by atoms with E-state index in [1.54, 1.807) is 48.5 Å². The molecule has 5 rings (SSSR count). The van der Waals surface area contributed by atoms with Crippen LogP contribution in [0.1, 0.15) is 18.8 Å². The fourth-order valence-electron chi connectivity index (χ4n) is 3.51. The van der Waals surface area contributed by atoms with Crippen molar-refractivity contribution in [3.63, 3.8) is 0 Å². The molecule has 3 heterocycles. The third-order valence-electron chi connectivity index (χ3n) is 4.86. The molecule has 0 aliphatic carbocycles. The van der Waals surface area contributed by atoms with Gasteiger partial charge in [-0.15, -0.1) is 0 Å². The van der Waals surface area contributed by atoms with Gasteiger partial charge in [0.2, 0.25) is 0 Å². The van der Waals surface area contributed by atoms with Gasteiger partial charge >= 0.3 is 17.2 Å². The number of fused-ring (bicyclic) bond motifs is 4. The van der Waals surface area contributed by atoms with Crippen LogP contribution >= 0.6 is 11.6 Å². The topological polar surface area (TPSA) is 96.0 Å². The van der Waals surface area contributed by atoms with E-state index in [2.05, 4.69) is 0 Å². The van der Waals surface area contributed by atoms with Crippen molar-refractivity contribution in [3.8, 4) is 28.2 Å². The minimum absolute atomic E-state index is 0.0220. The molecule has 1 atom stereocenters. The predicted octanol–water partition coefficient (Wildman–Crippen LogP) is 4.69. The molecule has 0 N–H and O–H groups in total. The summed E-state index contributed by atoms with van der Waals surface area (Å²) in [5.74, 6) is -0.107. The van der Waals surface area contributed by atoms with Gasteiger partial charge in [-0.25, -0.2) is 9.59 Å². The summed E-state index contributed by atoms with van der Waals surface area (Å²) in [7, 11) is 0. The van der Waals surface area contributed by atoms with Crippen LogP contribution < -0.4 is 16.0 Å². The second-order valence-electron chi connectivity index (χ2n) is 6.92. The summed E-state index contributed by atoms with van der Waals surface area (Å²) in [5.41, 5.74) is -0.375. The molecule has 0 bridgehead atoms. The Labute approximate surface area is 179 Å². The molecule has 0 saturated carbocycles. The van der Waals surface area contributed by atoms with Crippen molar-refractivity contribution in [3.05, 3.63) is 86.0 Å². The van der Waals surface area contributed by atoms with Gasteiger partial charge in [0.25, 0.3) is 6.29 Å². The van der Waals surface area contributed by atoms with Gasteiger partial charge in [0.15, 0.2) is 5.76 Å². The maximum atomic E-state index is 12.9. The Kier molecular flexibility index (Phi) is 4.41. The van der Waals surface area contributed by atoms with Crippen molar-refractivity contribution >= 4 is 28.5 Å². The average molecular weight is 437 g/mol. The highest BCUT2D eigenvalue weighted by molar-refractivity contribution is 6.31. The molecule has 0 radical (unpaired) electrons. The van der Waals surface area contributed by atoms with Gasteiger partial charge in [-0.2, -0.15) is 0 Å². The summed E-state index contributed by atoms with van der Waals surface area (Å²) in [5, 5.41) is 1.04. The number of halogens is 1. The van der Waals surface area contributed by atoms with Crippen LogP contribution in [0, 0.1) is 0 Å². The third-order valence-corrected chi connectivity index (χ3v) is 5.09. The summed E-state index contributed by atoms with van der Waals surface area (Å²) in [4.78, 5) is 37.1. The zero-order valence-corrected chi connectivity index (χ0v) is 16.8. The van der Waals surface area contributed by atoms with Crippen LogP contribution in [0.3, 0.4) is 0 Å². The summed E-state index contributed by atoms with van der Waals surface area (Å²) >= 11 is 6.09. The summed E-state index contributed by atoms with van der Waals surface area (Å²) < 4.78 is 22.0. The first-order chi connectivity index (χ1) is 14.9. The molecule has 4 aromatic rings. The van der Waals surface area contributed by atoms with E-state index in [1.807, 2.05) is 0 Å². The quantitative estimate of drug-likeness (QED) is 0.332. The van der Waals surface area contributed by atoms with Gasteiger partial charge in [0, 0.05) is 17.3 Å². The second-order valence-corrected chi connectivity index (χ2v) is 7.35. The van der Waals surface area contributed by atoms with Crippen LogP contribution in [-0.4, -0.2) is 5.97 Å². The lowest BCUT2D eigenvalue weighted by atomic mass is 9.99. The molecule has 154 valence electrons. The molecule has 31 heavy (non-hydrogen) atoms. The van der Waals surface area contributed by atoms with Gasteiger partial charge in [-0.1, -0.05) is 29.8 Å². The molecule has 1 unspecified atom stereocenters. The van der Waals surface area contributed by atoms with Crippen molar-refractivity contribution in [2.45, 2.75) is 13.2 Å². The summed E-state index contributed by atoms with van der Waals surface area (Å²) in [6, 6.07) is 14.7. The molecule has 7 nitrogen and oxygen atoms in total. The van der Waals surface area contributed by atoms with Gasteiger partial charge in [0.1, 0.15) is 11.3 Å². The lowest BCUT2D eigenvalue weighted by Crippen LogP contribution is -2.22. The van der Waals surface area contributed by atoms with E-state index in [-0.39, 0.29) is 22.5 Å². The Balaban J connectivity index is 1.76. The minimum Gasteiger partial charge on any atom is -0.450 e. The number of carbonyl (C=O) groups is 1. The number of benzene rings is 2. The lowest BCUT2D eigenvalue weighted by Gasteiger charge is -2.27. The Bertz CT molecular complexity index is 1480. The van der Waals surface area contributed by atoms with Crippen LogP contribution in [0.5, 0.6) is 5.75 Å². The molecule has 1 aliphatic rings. The number of hydrogen-bond donors (Lipinski definition) is 0. The highest BCUT2D eigenvalue weighted by Gasteiger charge is 2.32. The van der Waals surface area contributed by atoms with Gasteiger partial charge in [-0.05, 0) is 36.4 Å². The summed E-state index contributed by atoms with van der Waals surface area (Å²) in [6.07, 6.45) is -1.17. The Morgan fingerprint density at radius 3 is 2.48 bits per heavy atom. The number of hydrogen-bond acceptors (Lipinski definition) is 7. The van der Waals surface area contributed by atoms with Crippen molar-refractivity contribution < 1.29 is 23.1 Å². The largest absolute Gasteiger partial charge is 0.450 e. The van der Waals surface area contributed by atoms with E-state index >= 15 is 0 Å². The van der Waals surface area contributed by atoms with Gasteiger partial charge in [0.05, 0.1) is 22.3 Å². The molecular weight excluding hydrogens is 424 g/mol. The number of carbonyl (C=O) groups excluding carboxylic acids is 1. The molecule has 2 aromatic heterocycles. The molecule has 0 fully saturated rings.